The Morgan fingerprint density at radius 2 is 2.00 bits per heavy atom. The maximum Gasteiger partial charge on any atom is 0.251 e. The van der Waals surface area contributed by atoms with Gasteiger partial charge >= 0.3 is 0 Å². The summed E-state index contributed by atoms with van der Waals surface area (Å²) in [5.41, 5.74) is 2.26. The molecule has 0 saturated carbocycles. The van der Waals surface area contributed by atoms with Crippen molar-refractivity contribution in [2.75, 3.05) is 41.4 Å². The Kier molecular flexibility index (Phi) is 7.51. The number of hydrogen-bond donors (Lipinski definition) is 2. The monoisotopic (exact) mass is 506 g/mol. The fourth-order valence-corrected chi connectivity index (χ4v) is 7.81. The lowest BCUT2D eigenvalue weighted by Gasteiger charge is -2.23. The molecular formula is C23H27ClN4O3S2. The molecule has 4 rings (SSSR count). The Morgan fingerprint density at radius 3 is 2.73 bits per heavy atom. The zero-order valence-corrected chi connectivity index (χ0v) is 20.7. The number of carbonyl (C=O) groups is 1. The molecule has 2 aliphatic heterocycles. The highest BCUT2D eigenvalue weighted by molar-refractivity contribution is 8.15. The Morgan fingerprint density at radius 1 is 1.21 bits per heavy atom. The summed E-state index contributed by atoms with van der Waals surface area (Å²) >= 11 is 7.74. The lowest BCUT2D eigenvalue weighted by molar-refractivity contribution is 0.0953. The fraction of sp³-hybridized carbons (Fsp3) is 0.391. The number of para-hydroxylation sites is 1. The van der Waals surface area contributed by atoms with Crippen molar-refractivity contribution in [3.05, 3.63) is 59.1 Å². The van der Waals surface area contributed by atoms with Crippen molar-refractivity contribution in [2.45, 2.75) is 24.6 Å². The van der Waals surface area contributed by atoms with Crippen molar-refractivity contribution >= 4 is 55.6 Å². The number of rotatable bonds is 8. The van der Waals surface area contributed by atoms with Gasteiger partial charge in [-0.25, -0.2) is 8.42 Å². The van der Waals surface area contributed by atoms with Crippen molar-refractivity contribution in [3.8, 4) is 0 Å². The van der Waals surface area contributed by atoms with Crippen LogP contribution in [-0.4, -0.2) is 61.9 Å². The van der Waals surface area contributed by atoms with Gasteiger partial charge in [-0.3, -0.25) is 9.79 Å². The number of thioether (sulfide) groups is 1. The van der Waals surface area contributed by atoms with Crippen molar-refractivity contribution < 1.29 is 13.2 Å². The van der Waals surface area contributed by atoms with E-state index in [1.165, 1.54) is 17.4 Å². The number of amidine groups is 1. The summed E-state index contributed by atoms with van der Waals surface area (Å²) < 4.78 is 23.5. The summed E-state index contributed by atoms with van der Waals surface area (Å²) in [5, 5.41) is 7.20. The van der Waals surface area contributed by atoms with Crippen molar-refractivity contribution in [1.29, 1.82) is 0 Å². The number of amides is 1. The standard InChI is InChI=1S/C23H27ClN4O3S2/c1-2-28(17-7-4-3-5-8-17)12-6-11-25-22(29)16-9-10-18(24)19(13-16)26-23-27-20-14-33(30,31)15-21(20)32-23/h3-5,7-10,13,20-21H,2,6,11-12,14-15H2,1H3,(H,25,29)(H,26,27)/t20-,21-/m0/s1. The van der Waals surface area contributed by atoms with Gasteiger partial charge in [0, 0.05) is 36.1 Å². The SMILES string of the molecule is CCN(CCCNC(=O)c1ccc(Cl)c(NC2=N[C@H]3CS(=O)(=O)C[C@@H]3S2)c1)c1ccccc1. The molecule has 2 aromatic rings. The van der Waals surface area contributed by atoms with E-state index in [1.54, 1.807) is 18.2 Å². The first-order valence-corrected chi connectivity index (χ1v) is 14.0. The normalized spacial score (nSPS) is 20.7. The van der Waals surface area contributed by atoms with Gasteiger partial charge in [0.25, 0.3) is 5.91 Å². The average Bonchev–Trinajstić information content (AvgIpc) is 3.28. The molecule has 1 fully saturated rings. The maximum absolute atomic E-state index is 12.7. The van der Waals surface area contributed by atoms with Crippen LogP contribution in [0.2, 0.25) is 5.02 Å². The number of anilines is 2. The minimum Gasteiger partial charge on any atom is -0.372 e. The molecule has 1 amide bonds. The summed E-state index contributed by atoms with van der Waals surface area (Å²) in [4.78, 5) is 19.4. The smallest absolute Gasteiger partial charge is 0.251 e. The van der Waals surface area contributed by atoms with E-state index in [2.05, 4.69) is 39.6 Å². The number of benzene rings is 2. The average molecular weight is 507 g/mol. The lowest BCUT2D eigenvalue weighted by Crippen LogP contribution is -2.30. The summed E-state index contributed by atoms with van der Waals surface area (Å²) in [6, 6.07) is 15.1. The Hall–Kier alpha value is -2.23. The second-order valence-corrected chi connectivity index (χ2v) is 11.9. The number of sulfone groups is 1. The molecule has 0 aromatic heterocycles. The minimum absolute atomic E-state index is 0.0543. The number of aliphatic imine (C=N–C) groups is 1. The van der Waals surface area contributed by atoms with Gasteiger partial charge in [0.2, 0.25) is 0 Å². The Labute approximate surface area is 203 Å². The molecule has 1 saturated heterocycles. The number of nitrogens with one attached hydrogen (secondary N) is 2. The molecule has 2 atom stereocenters. The van der Waals surface area contributed by atoms with Crippen LogP contribution in [0.5, 0.6) is 0 Å². The quantitative estimate of drug-likeness (QED) is 0.531. The van der Waals surface area contributed by atoms with Crippen LogP contribution in [0.3, 0.4) is 0 Å². The molecule has 0 radical (unpaired) electrons. The van der Waals surface area contributed by atoms with Gasteiger partial charge in [-0.15, -0.1) is 0 Å². The number of fused-ring (bicyclic) bond motifs is 1. The van der Waals surface area contributed by atoms with E-state index in [0.717, 1.165) is 19.5 Å². The highest BCUT2D eigenvalue weighted by atomic mass is 35.5. The van der Waals surface area contributed by atoms with Gasteiger partial charge in [0.05, 0.1) is 28.3 Å². The molecule has 7 nitrogen and oxygen atoms in total. The highest BCUT2D eigenvalue weighted by Gasteiger charge is 2.42. The number of nitrogens with zero attached hydrogens (tertiary/aromatic N) is 2. The topological polar surface area (TPSA) is 90.9 Å². The van der Waals surface area contributed by atoms with Crippen LogP contribution in [0.4, 0.5) is 11.4 Å². The second kappa shape index (κ2) is 10.4. The van der Waals surface area contributed by atoms with Gasteiger partial charge < -0.3 is 15.5 Å². The Bertz CT molecular complexity index is 1140. The van der Waals surface area contributed by atoms with E-state index in [4.69, 9.17) is 11.6 Å². The molecule has 2 N–H and O–H groups in total. The molecule has 176 valence electrons. The molecule has 2 aromatic carbocycles. The first-order chi connectivity index (χ1) is 15.8. The molecule has 0 spiro atoms. The van der Waals surface area contributed by atoms with Gasteiger partial charge in [-0.1, -0.05) is 41.6 Å². The molecule has 2 aliphatic rings. The van der Waals surface area contributed by atoms with Crippen molar-refractivity contribution in [2.24, 2.45) is 4.99 Å². The summed E-state index contributed by atoms with van der Waals surface area (Å²) in [7, 11) is -3.00. The van der Waals surface area contributed by atoms with Crippen molar-refractivity contribution in [3.63, 3.8) is 0 Å². The van der Waals surface area contributed by atoms with Gasteiger partial charge in [0.1, 0.15) is 0 Å². The third kappa shape index (κ3) is 6.02. The van der Waals surface area contributed by atoms with Crippen molar-refractivity contribution in [1.82, 2.24) is 5.32 Å². The highest BCUT2D eigenvalue weighted by Crippen LogP contribution is 2.35. The van der Waals surface area contributed by atoms with E-state index >= 15 is 0 Å². The minimum atomic E-state index is -3.00. The van der Waals surface area contributed by atoms with Crippen LogP contribution in [-0.2, 0) is 9.84 Å². The predicted octanol–water partition coefficient (Wildman–Crippen LogP) is 3.67. The molecule has 2 heterocycles. The van der Waals surface area contributed by atoms with E-state index in [9.17, 15) is 13.2 Å². The first-order valence-electron chi connectivity index (χ1n) is 10.9. The van der Waals surface area contributed by atoms with Crippen LogP contribution in [0.1, 0.15) is 23.7 Å². The zero-order chi connectivity index (χ0) is 23.4. The van der Waals surface area contributed by atoms with Gasteiger partial charge in [-0.05, 0) is 43.7 Å². The van der Waals surface area contributed by atoms with E-state index in [1.807, 2.05) is 18.2 Å². The predicted molar refractivity (Wildman–Crippen MR) is 138 cm³/mol. The largest absolute Gasteiger partial charge is 0.372 e. The number of halogens is 1. The lowest BCUT2D eigenvalue weighted by atomic mass is 10.2. The molecular weight excluding hydrogens is 480 g/mol. The van der Waals surface area contributed by atoms with E-state index in [0.29, 0.717) is 28.0 Å². The third-order valence-electron chi connectivity index (χ3n) is 5.68. The molecule has 0 bridgehead atoms. The molecule has 33 heavy (non-hydrogen) atoms. The number of hydrogen-bond acceptors (Lipinski definition) is 7. The summed E-state index contributed by atoms with van der Waals surface area (Å²) in [6.45, 7) is 4.43. The molecule has 10 heteroatoms. The van der Waals surface area contributed by atoms with Gasteiger partial charge in [-0.2, -0.15) is 0 Å². The van der Waals surface area contributed by atoms with Crippen LogP contribution in [0, 0.1) is 0 Å². The summed E-state index contributed by atoms with van der Waals surface area (Å²) in [6.07, 6.45) is 0.826. The summed E-state index contributed by atoms with van der Waals surface area (Å²) in [5.74, 6) is 0.0695. The third-order valence-corrected chi connectivity index (χ3v) is 9.15. The van der Waals surface area contributed by atoms with Crippen LogP contribution < -0.4 is 15.5 Å². The fourth-order valence-electron chi connectivity index (χ4n) is 3.98. The van der Waals surface area contributed by atoms with Crippen LogP contribution in [0.15, 0.2) is 53.5 Å². The van der Waals surface area contributed by atoms with E-state index in [-0.39, 0.29) is 28.7 Å². The van der Waals surface area contributed by atoms with Gasteiger partial charge in [0.15, 0.2) is 15.0 Å². The Balaban J connectivity index is 1.30. The first kappa shape index (κ1) is 23.9. The zero-order valence-electron chi connectivity index (χ0n) is 18.3. The van der Waals surface area contributed by atoms with Crippen LogP contribution in [0.25, 0.3) is 0 Å². The number of carbonyl (C=O) groups excluding carboxylic acids is 1. The second-order valence-electron chi connectivity index (χ2n) is 8.08. The van der Waals surface area contributed by atoms with Crippen LogP contribution >= 0.6 is 23.4 Å². The van der Waals surface area contributed by atoms with E-state index < -0.39 is 9.84 Å². The molecule has 0 aliphatic carbocycles. The maximum atomic E-state index is 12.7. The molecule has 0 unspecified atom stereocenters.